The van der Waals surface area contributed by atoms with E-state index in [1.807, 2.05) is 13.8 Å². The molecule has 1 N–H and O–H groups in total. The lowest BCUT2D eigenvalue weighted by Crippen LogP contribution is -2.31. The summed E-state index contributed by atoms with van der Waals surface area (Å²) in [4.78, 5) is 0. The van der Waals surface area contributed by atoms with Crippen LogP contribution in [0.1, 0.15) is 52.9 Å². The Kier molecular flexibility index (Phi) is 4.16. The summed E-state index contributed by atoms with van der Waals surface area (Å²) in [6.07, 6.45) is 6.45. The lowest BCUT2D eigenvalue weighted by molar-refractivity contribution is 0.306. The first-order chi connectivity index (χ1) is 6.97. The Bertz CT molecular complexity index is 231. The van der Waals surface area contributed by atoms with Crippen LogP contribution in [0.2, 0.25) is 0 Å². The van der Waals surface area contributed by atoms with Crippen LogP contribution in [0.3, 0.4) is 0 Å². The Hall–Kier alpha value is -0.550. The first-order valence-electron chi connectivity index (χ1n) is 6.09. The van der Waals surface area contributed by atoms with E-state index in [9.17, 15) is 0 Å². The molecule has 0 bridgehead atoms. The van der Waals surface area contributed by atoms with E-state index in [-0.39, 0.29) is 5.41 Å². The van der Waals surface area contributed by atoms with Gasteiger partial charge in [0.15, 0.2) is 0 Å². The van der Waals surface area contributed by atoms with Gasteiger partial charge in [-0.25, -0.2) is 0 Å². The van der Waals surface area contributed by atoms with Gasteiger partial charge in [-0.3, -0.25) is 0 Å². The smallest absolute Gasteiger partial charge is 0.0684 e. The van der Waals surface area contributed by atoms with Gasteiger partial charge in [-0.05, 0) is 45.1 Å². The molecule has 0 aromatic carbocycles. The van der Waals surface area contributed by atoms with E-state index in [1.54, 1.807) is 0 Å². The highest BCUT2D eigenvalue weighted by Gasteiger charge is 2.28. The van der Waals surface area contributed by atoms with Crippen molar-refractivity contribution in [3.8, 4) is 6.07 Å². The van der Waals surface area contributed by atoms with Crippen molar-refractivity contribution in [2.24, 2.45) is 10.8 Å². The molecule has 0 heterocycles. The monoisotopic (exact) mass is 208 g/mol. The maximum atomic E-state index is 8.88. The summed E-state index contributed by atoms with van der Waals surface area (Å²) in [6.45, 7) is 8.48. The van der Waals surface area contributed by atoms with Gasteiger partial charge in [0.25, 0.3) is 0 Å². The highest BCUT2D eigenvalue weighted by atomic mass is 14.9. The second kappa shape index (κ2) is 4.99. The van der Waals surface area contributed by atoms with E-state index in [1.165, 1.54) is 25.7 Å². The summed E-state index contributed by atoms with van der Waals surface area (Å²) in [5.41, 5.74) is 0.348. The summed E-state index contributed by atoms with van der Waals surface area (Å²) in [5.74, 6) is 0. The van der Waals surface area contributed by atoms with Crippen LogP contribution in [0.15, 0.2) is 0 Å². The Morgan fingerprint density at radius 1 is 1.33 bits per heavy atom. The van der Waals surface area contributed by atoms with Crippen LogP contribution in [-0.4, -0.2) is 13.1 Å². The standard InChI is InChI=1S/C13H24N2/c1-12(2,10-14)8-9-15-11-13(3)6-4-5-7-13/h15H,4-9,11H2,1-3H3. The van der Waals surface area contributed by atoms with Gasteiger partial charge in [0.1, 0.15) is 0 Å². The van der Waals surface area contributed by atoms with E-state index in [2.05, 4.69) is 18.3 Å². The number of rotatable bonds is 5. The summed E-state index contributed by atoms with van der Waals surface area (Å²) < 4.78 is 0. The number of hydrogen-bond donors (Lipinski definition) is 1. The van der Waals surface area contributed by atoms with Gasteiger partial charge in [-0.2, -0.15) is 5.26 Å². The molecule has 0 aromatic rings. The average Bonchev–Trinajstić information content (AvgIpc) is 2.61. The minimum Gasteiger partial charge on any atom is -0.316 e. The Balaban J connectivity index is 2.14. The number of hydrogen-bond acceptors (Lipinski definition) is 2. The van der Waals surface area contributed by atoms with Crippen LogP contribution in [0.5, 0.6) is 0 Å². The minimum absolute atomic E-state index is 0.177. The largest absolute Gasteiger partial charge is 0.316 e. The van der Waals surface area contributed by atoms with Gasteiger partial charge in [-0.1, -0.05) is 19.8 Å². The van der Waals surface area contributed by atoms with Crippen LogP contribution in [0.25, 0.3) is 0 Å². The van der Waals surface area contributed by atoms with E-state index in [0.717, 1.165) is 19.5 Å². The van der Waals surface area contributed by atoms with Gasteiger partial charge in [-0.15, -0.1) is 0 Å². The first kappa shape index (κ1) is 12.5. The molecule has 0 saturated heterocycles. The summed E-state index contributed by atoms with van der Waals surface area (Å²) in [5, 5.41) is 12.4. The quantitative estimate of drug-likeness (QED) is 0.705. The first-order valence-corrected chi connectivity index (χ1v) is 6.09. The van der Waals surface area contributed by atoms with Crippen molar-refractivity contribution in [1.29, 1.82) is 5.26 Å². The number of nitrogens with zero attached hydrogens (tertiary/aromatic N) is 1. The molecule has 1 rings (SSSR count). The van der Waals surface area contributed by atoms with Crippen molar-refractivity contribution < 1.29 is 0 Å². The van der Waals surface area contributed by atoms with Gasteiger partial charge >= 0.3 is 0 Å². The predicted octanol–water partition coefficient (Wildman–Crippen LogP) is 3.10. The fourth-order valence-corrected chi connectivity index (χ4v) is 2.25. The molecular formula is C13H24N2. The Morgan fingerprint density at radius 2 is 1.93 bits per heavy atom. The molecule has 2 heteroatoms. The van der Waals surface area contributed by atoms with E-state index in [4.69, 9.17) is 5.26 Å². The van der Waals surface area contributed by atoms with E-state index in [0.29, 0.717) is 5.41 Å². The predicted molar refractivity (Wildman–Crippen MR) is 63.5 cm³/mol. The van der Waals surface area contributed by atoms with Crippen LogP contribution in [0.4, 0.5) is 0 Å². The molecule has 1 saturated carbocycles. The number of nitriles is 1. The molecule has 2 nitrogen and oxygen atoms in total. The van der Waals surface area contributed by atoms with Crippen LogP contribution in [-0.2, 0) is 0 Å². The van der Waals surface area contributed by atoms with Crippen LogP contribution >= 0.6 is 0 Å². The van der Waals surface area contributed by atoms with Gasteiger partial charge in [0.05, 0.1) is 11.5 Å². The minimum atomic E-state index is -0.177. The topological polar surface area (TPSA) is 35.8 Å². The van der Waals surface area contributed by atoms with Crippen LogP contribution in [0, 0.1) is 22.2 Å². The van der Waals surface area contributed by atoms with E-state index >= 15 is 0 Å². The van der Waals surface area contributed by atoms with Crippen LogP contribution < -0.4 is 5.32 Å². The molecule has 0 amide bonds. The second-order valence-corrected chi connectivity index (χ2v) is 5.94. The molecule has 86 valence electrons. The van der Waals surface area contributed by atoms with Crippen molar-refractivity contribution in [2.45, 2.75) is 52.9 Å². The molecule has 0 unspecified atom stereocenters. The average molecular weight is 208 g/mol. The van der Waals surface area contributed by atoms with Crippen molar-refractivity contribution in [1.82, 2.24) is 5.32 Å². The Labute approximate surface area is 94.1 Å². The molecule has 0 radical (unpaired) electrons. The highest BCUT2D eigenvalue weighted by Crippen LogP contribution is 2.36. The zero-order valence-corrected chi connectivity index (χ0v) is 10.4. The summed E-state index contributed by atoms with van der Waals surface area (Å²) >= 11 is 0. The maximum Gasteiger partial charge on any atom is 0.0684 e. The molecule has 0 atom stereocenters. The van der Waals surface area contributed by atoms with Crippen molar-refractivity contribution in [2.75, 3.05) is 13.1 Å². The molecule has 1 fully saturated rings. The highest BCUT2D eigenvalue weighted by molar-refractivity contribution is 4.92. The zero-order valence-electron chi connectivity index (χ0n) is 10.4. The lowest BCUT2D eigenvalue weighted by atomic mass is 9.88. The maximum absolute atomic E-state index is 8.88. The fraction of sp³-hybridized carbons (Fsp3) is 0.923. The molecule has 0 spiro atoms. The second-order valence-electron chi connectivity index (χ2n) is 5.94. The summed E-state index contributed by atoms with van der Waals surface area (Å²) in [7, 11) is 0. The molecular weight excluding hydrogens is 184 g/mol. The molecule has 15 heavy (non-hydrogen) atoms. The normalized spacial score (nSPS) is 20.1. The zero-order chi connectivity index (χ0) is 11.4. The number of nitrogens with one attached hydrogen (secondary N) is 1. The molecule has 1 aliphatic carbocycles. The van der Waals surface area contributed by atoms with Crippen molar-refractivity contribution >= 4 is 0 Å². The third-order valence-corrected chi connectivity index (χ3v) is 3.59. The van der Waals surface area contributed by atoms with Crippen molar-refractivity contribution in [3.63, 3.8) is 0 Å². The molecule has 0 aromatic heterocycles. The fourth-order valence-electron chi connectivity index (χ4n) is 2.25. The van der Waals surface area contributed by atoms with Gasteiger partial charge in [0, 0.05) is 6.54 Å². The van der Waals surface area contributed by atoms with Gasteiger partial charge in [0.2, 0.25) is 0 Å². The summed E-state index contributed by atoms with van der Waals surface area (Å²) in [6, 6.07) is 2.34. The molecule has 1 aliphatic rings. The SMILES string of the molecule is CC(C)(C#N)CCNCC1(C)CCCC1. The molecule has 0 aliphatic heterocycles. The van der Waals surface area contributed by atoms with Crippen molar-refractivity contribution in [3.05, 3.63) is 0 Å². The van der Waals surface area contributed by atoms with E-state index < -0.39 is 0 Å². The Morgan fingerprint density at radius 3 is 2.47 bits per heavy atom. The van der Waals surface area contributed by atoms with Gasteiger partial charge < -0.3 is 5.32 Å². The third-order valence-electron chi connectivity index (χ3n) is 3.59. The third kappa shape index (κ3) is 4.22. The lowest BCUT2D eigenvalue weighted by Gasteiger charge is -2.24.